The minimum atomic E-state index is -0.787. The van der Waals surface area contributed by atoms with Crippen LogP contribution in [0.5, 0.6) is 0 Å². The number of carbonyl (C=O) groups is 2. The Morgan fingerprint density at radius 1 is 1.13 bits per heavy atom. The Morgan fingerprint density at radius 2 is 1.87 bits per heavy atom. The molecular weight excluding hydrogens is 397 g/mol. The highest BCUT2D eigenvalue weighted by atomic mass is 19.1. The fourth-order valence-electron chi connectivity index (χ4n) is 3.80. The normalized spacial score (nSPS) is 16.5. The van der Waals surface area contributed by atoms with Gasteiger partial charge in [0.1, 0.15) is 5.82 Å². The number of nitrogens with zero attached hydrogens (tertiary/aromatic N) is 2. The van der Waals surface area contributed by atoms with E-state index >= 15 is 0 Å². The van der Waals surface area contributed by atoms with Crippen molar-refractivity contribution < 1.29 is 18.7 Å². The van der Waals surface area contributed by atoms with Crippen molar-refractivity contribution in [1.82, 2.24) is 15.1 Å². The molecular formula is C24H28FN3O3. The molecule has 0 saturated carbocycles. The fraction of sp³-hybridized carbons (Fsp3) is 0.333. The lowest BCUT2D eigenvalue weighted by molar-refractivity contribution is -0.139. The first kappa shape index (κ1) is 22.5. The third-order valence-corrected chi connectivity index (χ3v) is 5.15. The zero-order valence-electron chi connectivity index (χ0n) is 18.1. The van der Waals surface area contributed by atoms with Gasteiger partial charge in [0.2, 0.25) is 0 Å². The molecule has 1 aliphatic rings. The molecule has 1 unspecified atom stereocenters. The first-order chi connectivity index (χ1) is 14.9. The lowest BCUT2D eigenvalue weighted by atomic mass is 9.94. The van der Waals surface area contributed by atoms with Gasteiger partial charge in [0.15, 0.2) is 0 Å². The van der Waals surface area contributed by atoms with Crippen molar-refractivity contribution in [2.45, 2.75) is 26.4 Å². The Morgan fingerprint density at radius 3 is 2.52 bits per heavy atom. The van der Waals surface area contributed by atoms with Crippen molar-refractivity contribution in [2.24, 2.45) is 0 Å². The topological polar surface area (TPSA) is 61.9 Å². The monoisotopic (exact) mass is 425 g/mol. The van der Waals surface area contributed by atoms with E-state index in [4.69, 9.17) is 4.74 Å². The molecule has 0 spiro atoms. The maximum Gasteiger partial charge on any atom is 0.338 e. The largest absolute Gasteiger partial charge is 0.463 e. The van der Waals surface area contributed by atoms with E-state index < -0.39 is 17.8 Å². The summed E-state index contributed by atoms with van der Waals surface area (Å²) in [5, 5.41) is 2.85. The molecule has 0 saturated heterocycles. The Balaban J connectivity index is 2.04. The summed E-state index contributed by atoms with van der Waals surface area (Å²) in [6.45, 7) is 5.17. The second-order valence-corrected chi connectivity index (χ2v) is 7.42. The molecule has 164 valence electrons. The molecule has 0 aliphatic carbocycles. The Bertz CT molecular complexity index is 962. The van der Waals surface area contributed by atoms with E-state index in [1.807, 2.05) is 49.2 Å². The third kappa shape index (κ3) is 5.30. The highest BCUT2D eigenvalue weighted by Gasteiger charge is 2.38. The molecule has 7 heteroatoms. The summed E-state index contributed by atoms with van der Waals surface area (Å²) < 4.78 is 19.3. The van der Waals surface area contributed by atoms with Crippen molar-refractivity contribution in [3.8, 4) is 0 Å². The van der Waals surface area contributed by atoms with Crippen molar-refractivity contribution in [1.29, 1.82) is 0 Å². The molecule has 6 nitrogen and oxygen atoms in total. The van der Waals surface area contributed by atoms with Gasteiger partial charge in [-0.3, -0.25) is 9.80 Å². The summed E-state index contributed by atoms with van der Waals surface area (Å²) in [6, 6.07) is 14.8. The van der Waals surface area contributed by atoms with Crippen LogP contribution < -0.4 is 5.32 Å². The molecule has 1 N–H and O–H groups in total. The minimum absolute atomic E-state index is 0.200. The predicted octanol–water partition coefficient (Wildman–Crippen LogP) is 3.86. The molecule has 0 bridgehead atoms. The molecule has 1 atom stereocenters. The number of amides is 2. The number of esters is 1. The van der Waals surface area contributed by atoms with Crippen molar-refractivity contribution in [2.75, 3.05) is 26.7 Å². The molecule has 2 aromatic carbocycles. The second-order valence-electron chi connectivity index (χ2n) is 7.42. The van der Waals surface area contributed by atoms with Crippen LogP contribution in [-0.2, 0) is 16.1 Å². The second kappa shape index (κ2) is 10.2. The van der Waals surface area contributed by atoms with Gasteiger partial charge in [-0.25, -0.2) is 14.0 Å². The van der Waals surface area contributed by atoms with Crippen LogP contribution in [0.1, 0.15) is 31.0 Å². The van der Waals surface area contributed by atoms with E-state index in [2.05, 4.69) is 5.32 Å². The highest BCUT2D eigenvalue weighted by Crippen LogP contribution is 2.32. The fourth-order valence-corrected chi connectivity index (χ4v) is 3.80. The van der Waals surface area contributed by atoms with E-state index in [1.165, 1.54) is 12.1 Å². The van der Waals surface area contributed by atoms with Crippen molar-refractivity contribution >= 4 is 12.0 Å². The predicted molar refractivity (Wildman–Crippen MR) is 116 cm³/mol. The number of rotatable bonds is 8. The first-order valence-corrected chi connectivity index (χ1v) is 10.4. The van der Waals surface area contributed by atoms with Gasteiger partial charge in [0, 0.05) is 25.3 Å². The summed E-state index contributed by atoms with van der Waals surface area (Å²) in [5.41, 5.74) is 2.51. The number of likely N-dealkylation sites (N-methyl/N-ethyl adjacent to an activating group) is 2. The number of nitrogens with one attached hydrogen (secondary N) is 1. The van der Waals surface area contributed by atoms with Gasteiger partial charge in [-0.1, -0.05) is 42.5 Å². The van der Waals surface area contributed by atoms with Crippen molar-refractivity contribution in [3.63, 3.8) is 0 Å². The summed E-state index contributed by atoms with van der Waals surface area (Å²) in [6.07, 6.45) is 0. The Kier molecular flexibility index (Phi) is 7.41. The maximum atomic E-state index is 13.9. The molecule has 2 aromatic rings. The smallest absolute Gasteiger partial charge is 0.338 e. The first-order valence-electron chi connectivity index (χ1n) is 10.4. The molecule has 2 amide bonds. The SMILES string of the molecule is CCOC(=O)C1=C(CN(C)Cc2ccccc2)N(CC)C(=O)NC1c1cccc(F)c1. The average molecular weight is 426 g/mol. The van der Waals surface area contributed by atoms with Crippen LogP contribution in [0.3, 0.4) is 0 Å². The number of ether oxygens (including phenoxy) is 1. The molecule has 0 radical (unpaired) electrons. The maximum absolute atomic E-state index is 13.9. The van der Waals surface area contributed by atoms with E-state index in [1.54, 1.807) is 24.0 Å². The number of carbonyl (C=O) groups excluding carboxylic acids is 2. The molecule has 0 fully saturated rings. The van der Waals surface area contributed by atoms with Gasteiger partial charge in [-0.15, -0.1) is 0 Å². The Hall–Kier alpha value is -3.19. The molecule has 1 aliphatic heterocycles. The van der Waals surface area contributed by atoms with Crippen LogP contribution in [0, 0.1) is 5.82 Å². The van der Waals surface area contributed by atoms with Crippen LogP contribution in [0.2, 0.25) is 0 Å². The number of halogens is 1. The van der Waals surface area contributed by atoms with Crippen molar-refractivity contribution in [3.05, 3.63) is 82.8 Å². The average Bonchev–Trinajstić information content (AvgIpc) is 2.74. The van der Waals surface area contributed by atoms with E-state index in [-0.39, 0.29) is 12.6 Å². The van der Waals surface area contributed by atoms with Crippen LogP contribution in [0.25, 0.3) is 0 Å². The van der Waals surface area contributed by atoms with Crippen LogP contribution in [-0.4, -0.2) is 48.5 Å². The number of benzene rings is 2. The number of hydrogen-bond acceptors (Lipinski definition) is 4. The molecule has 0 aromatic heterocycles. The van der Waals surface area contributed by atoms with E-state index in [9.17, 15) is 14.0 Å². The summed E-state index contributed by atoms with van der Waals surface area (Å²) >= 11 is 0. The molecule has 3 rings (SSSR count). The lowest BCUT2D eigenvalue weighted by Gasteiger charge is -2.37. The zero-order valence-corrected chi connectivity index (χ0v) is 18.1. The molecule has 31 heavy (non-hydrogen) atoms. The highest BCUT2D eigenvalue weighted by molar-refractivity contribution is 5.95. The summed E-state index contributed by atoms with van der Waals surface area (Å²) in [4.78, 5) is 29.5. The van der Waals surface area contributed by atoms with E-state index in [0.29, 0.717) is 36.5 Å². The van der Waals surface area contributed by atoms with Gasteiger partial charge >= 0.3 is 12.0 Å². The summed E-state index contributed by atoms with van der Waals surface area (Å²) in [5.74, 6) is -0.950. The molecule has 1 heterocycles. The zero-order chi connectivity index (χ0) is 22.4. The minimum Gasteiger partial charge on any atom is -0.463 e. The van der Waals surface area contributed by atoms with Gasteiger partial charge in [-0.2, -0.15) is 0 Å². The van der Waals surface area contributed by atoms with Crippen LogP contribution in [0.15, 0.2) is 65.9 Å². The number of hydrogen-bond donors (Lipinski definition) is 1. The lowest BCUT2D eigenvalue weighted by Crippen LogP contribution is -2.50. The van der Waals surface area contributed by atoms with E-state index in [0.717, 1.165) is 5.56 Å². The number of urea groups is 1. The van der Waals surface area contributed by atoms with Gasteiger partial charge in [-0.05, 0) is 44.2 Å². The Labute approximate surface area is 182 Å². The van der Waals surface area contributed by atoms with Crippen LogP contribution >= 0.6 is 0 Å². The van der Waals surface area contributed by atoms with Gasteiger partial charge < -0.3 is 10.1 Å². The van der Waals surface area contributed by atoms with Gasteiger partial charge in [0.05, 0.1) is 18.2 Å². The quantitative estimate of drug-likeness (QED) is 0.653. The summed E-state index contributed by atoms with van der Waals surface area (Å²) in [7, 11) is 1.93. The van der Waals surface area contributed by atoms with Gasteiger partial charge in [0.25, 0.3) is 0 Å². The standard InChI is InChI=1S/C24H28FN3O3/c1-4-28-20(16-27(3)15-17-10-7-6-8-11-17)21(23(29)31-5-2)22(26-24(28)30)18-12-9-13-19(25)14-18/h6-14,22H,4-5,15-16H2,1-3H3,(H,26,30). The van der Waals surface area contributed by atoms with Crippen LogP contribution in [0.4, 0.5) is 9.18 Å². The third-order valence-electron chi connectivity index (χ3n) is 5.15.